The zero-order chi connectivity index (χ0) is 7.07. The highest BCUT2D eigenvalue weighted by atomic mass is 32.2. The molecule has 0 atom stereocenters. The van der Waals surface area contributed by atoms with Crippen LogP contribution in [0.5, 0.6) is 0 Å². The normalized spacial score (nSPS) is 20.8. The molecule has 1 saturated carbocycles. The molecule has 0 aromatic rings. The van der Waals surface area contributed by atoms with E-state index in [0.29, 0.717) is 6.04 Å². The molecule has 9 heavy (non-hydrogen) atoms. The van der Waals surface area contributed by atoms with Crippen molar-refractivity contribution in [2.24, 2.45) is 0 Å². The second-order valence-electron chi connectivity index (χ2n) is 2.51. The molecule has 0 bridgehead atoms. The molecule has 0 radical (unpaired) electrons. The maximum atomic E-state index is 10.7. The van der Waals surface area contributed by atoms with Crippen molar-refractivity contribution in [1.29, 1.82) is 0 Å². The fourth-order valence-corrected chi connectivity index (χ4v) is 1.46. The molecule has 4 heteroatoms. The summed E-state index contributed by atoms with van der Waals surface area (Å²) in [5.41, 5.74) is 0. The molecule has 0 heterocycles. The molecule has 3 nitrogen and oxygen atoms in total. The van der Waals surface area contributed by atoms with Gasteiger partial charge in [-0.1, -0.05) is 0 Å². The van der Waals surface area contributed by atoms with Crippen molar-refractivity contribution in [2.75, 3.05) is 13.3 Å². The lowest BCUT2D eigenvalue weighted by Crippen LogP contribution is -2.27. The number of hydrogen-bond acceptors (Lipinski definition) is 2. The smallest absolute Gasteiger partial charge is 0.211 e. The summed E-state index contributed by atoms with van der Waals surface area (Å²) in [6, 6.07) is 0.306. The Kier molecular flexibility index (Phi) is 1.52. The first kappa shape index (κ1) is 7.02. The van der Waals surface area contributed by atoms with Gasteiger partial charge in [0.05, 0.1) is 6.26 Å². The van der Waals surface area contributed by atoms with Crippen LogP contribution in [0.1, 0.15) is 12.8 Å². The van der Waals surface area contributed by atoms with E-state index in [2.05, 4.69) is 0 Å². The van der Waals surface area contributed by atoms with Gasteiger partial charge in [-0.2, -0.15) is 0 Å². The van der Waals surface area contributed by atoms with Crippen LogP contribution in [-0.4, -0.2) is 32.1 Å². The summed E-state index contributed by atoms with van der Waals surface area (Å²) in [6.07, 6.45) is 3.30. The van der Waals surface area contributed by atoms with Gasteiger partial charge < -0.3 is 0 Å². The average Bonchev–Trinajstić information content (AvgIpc) is 2.40. The number of sulfonamides is 1. The summed E-state index contributed by atoms with van der Waals surface area (Å²) in [4.78, 5) is 0. The zero-order valence-corrected chi connectivity index (χ0v) is 6.48. The monoisotopic (exact) mass is 149 g/mol. The van der Waals surface area contributed by atoms with Crippen LogP contribution in [0.3, 0.4) is 0 Å². The van der Waals surface area contributed by atoms with Gasteiger partial charge in [-0.25, -0.2) is 12.7 Å². The summed E-state index contributed by atoms with van der Waals surface area (Å²) in [5.74, 6) is 0. The van der Waals surface area contributed by atoms with Gasteiger partial charge in [-0.15, -0.1) is 0 Å². The molecule has 0 amide bonds. The topological polar surface area (TPSA) is 37.4 Å². The van der Waals surface area contributed by atoms with E-state index in [9.17, 15) is 8.42 Å². The summed E-state index contributed by atoms with van der Waals surface area (Å²) in [5, 5.41) is 0. The highest BCUT2D eigenvalue weighted by molar-refractivity contribution is 7.88. The molecular weight excluding hydrogens is 138 g/mol. The maximum Gasteiger partial charge on any atom is 0.211 e. The highest BCUT2D eigenvalue weighted by Crippen LogP contribution is 2.26. The van der Waals surface area contributed by atoms with Gasteiger partial charge in [-0.05, 0) is 12.8 Å². The molecule has 0 unspecified atom stereocenters. The van der Waals surface area contributed by atoms with Crippen molar-refractivity contribution >= 4 is 10.0 Å². The second kappa shape index (κ2) is 1.95. The largest absolute Gasteiger partial charge is 0.213 e. The predicted octanol–water partition coefficient (Wildman–Crippen LogP) is 0.0402. The number of hydrogen-bond donors (Lipinski definition) is 0. The van der Waals surface area contributed by atoms with Gasteiger partial charge >= 0.3 is 0 Å². The quantitative estimate of drug-likeness (QED) is 0.556. The first-order chi connectivity index (χ1) is 4.02. The standard InChI is InChI=1S/C5H11NO2S/c1-6(5-3-4-5)9(2,7)8/h5H,3-4H2,1-2H3. The molecule has 0 aliphatic heterocycles. The van der Waals surface area contributed by atoms with Crippen molar-refractivity contribution in [3.63, 3.8) is 0 Å². The SMILES string of the molecule is CN(C1CC1)S(C)(=O)=O. The van der Waals surface area contributed by atoms with Crippen LogP contribution in [0.2, 0.25) is 0 Å². The van der Waals surface area contributed by atoms with Crippen molar-refractivity contribution < 1.29 is 8.42 Å². The van der Waals surface area contributed by atoms with E-state index in [0.717, 1.165) is 12.8 Å². The molecule has 1 fully saturated rings. The van der Waals surface area contributed by atoms with Gasteiger partial charge in [0.25, 0.3) is 0 Å². The van der Waals surface area contributed by atoms with Crippen LogP contribution in [0, 0.1) is 0 Å². The Labute approximate surface area is 55.7 Å². The zero-order valence-electron chi connectivity index (χ0n) is 5.66. The third-order valence-electron chi connectivity index (χ3n) is 1.58. The Bertz CT molecular complexity index is 193. The Morgan fingerprint density at radius 3 is 2.00 bits per heavy atom. The van der Waals surface area contributed by atoms with E-state index in [-0.39, 0.29) is 0 Å². The van der Waals surface area contributed by atoms with Crippen molar-refractivity contribution in [3.8, 4) is 0 Å². The summed E-state index contributed by atoms with van der Waals surface area (Å²) < 4.78 is 22.9. The lowest BCUT2D eigenvalue weighted by Gasteiger charge is -2.11. The minimum absolute atomic E-state index is 0.306. The van der Waals surface area contributed by atoms with Crippen molar-refractivity contribution in [2.45, 2.75) is 18.9 Å². The summed E-state index contributed by atoms with van der Waals surface area (Å²) in [6.45, 7) is 0. The molecule has 1 aliphatic carbocycles. The summed E-state index contributed by atoms with van der Waals surface area (Å²) in [7, 11) is -1.27. The molecule has 1 aliphatic rings. The highest BCUT2D eigenvalue weighted by Gasteiger charge is 2.31. The minimum atomic E-state index is -2.91. The Morgan fingerprint density at radius 1 is 1.44 bits per heavy atom. The Hall–Kier alpha value is -0.0900. The van der Waals surface area contributed by atoms with Gasteiger partial charge in [0.1, 0.15) is 0 Å². The lowest BCUT2D eigenvalue weighted by molar-refractivity contribution is 0.469. The molecule has 0 spiro atoms. The first-order valence-corrected chi connectivity index (χ1v) is 4.79. The lowest BCUT2D eigenvalue weighted by atomic mass is 10.7. The van der Waals surface area contributed by atoms with E-state index in [4.69, 9.17) is 0 Å². The number of nitrogens with zero attached hydrogens (tertiary/aromatic N) is 1. The minimum Gasteiger partial charge on any atom is -0.213 e. The molecule has 0 saturated heterocycles. The maximum absolute atomic E-state index is 10.7. The average molecular weight is 149 g/mol. The Balaban J connectivity index is 2.61. The number of rotatable bonds is 2. The van der Waals surface area contributed by atoms with E-state index >= 15 is 0 Å². The van der Waals surface area contributed by atoms with Crippen LogP contribution in [0.4, 0.5) is 0 Å². The van der Waals surface area contributed by atoms with E-state index < -0.39 is 10.0 Å². The van der Waals surface area contributed by atoms with Crippen molar-refractivity contribution in [1.82, 2.24) is 4.31 Å². The third-order valence-corrected chi connectivity index (χ3v) is 2.93. The van der Waals surface area contributed by atoms with Crippen LogP contribution in [-0.2, 0) is 10.0 Å². The first-order valence-electron chi connectivity index (χ1n) is 2.95. The van der Waals surface area contributed by atoms with Gasteiger partial charge in [0.2, 0.25) is 10.0 Å². The molecule has 54 valence electrons. The fraction of sp³-hybridized carbons (Fsp3) is 1.00. The third kappa shape index (κ3) is 1.66. The molecule has 0 aromatic heterocycles. The van der Waals surface area contributed by atoms with E-state index in [1.807, 2.05) is 0 Å². The van der Waals surface area contributed by atoms with E-state index in [1.165, 1.54) is 10.6 Å². The van der Waals surface area contributed by atoms with E-state index in [1.54, 1.807) is 7.05 Å². The molecule has 0 N–H and O–H groups in total. The molecule has 0 aromatic carbocycles. The van der Waals surface area contributed by atoms with Crippen LogP contribution in [0.25, 0.3) is 0 Å². The Morgan fingerprint density at radius 2 is 1.89 bits per heavy atom. The van der Waals surface area contributed by atoms with Crippen LogP contribution < -0.4 is 0 Å². The molecular formula is C5H11NO2S. The second-order valence-corrected chi connectivity index (χ2v) is 4.55. The molecule has 1 rings (SSSR count). The van der Waals surface area contributed by atoms with Crippen LogP contribution >= 0.6 is 0 Å². The van der Waals surface area contributed by atoms with Gasteiger partial charge in [0, 0.05) is 13.1 Å². The summed E-state index contributed by atoms with van der Waals surface area (Å²) >= 11 is 0. The van der Waals surface area contributed by atoms with Crippen LogP contribution in [0.15, 0.2) is 0 Å². The van der Waals surface area contributed by atoms with Gasteiger partial charge in [0.15, 0.2) is 0 Å². The van der Waals surface area contributed by atoms with Gasteiger partial charge in [-0.3, -0.25) is 0 Å². The fourth-order valence-electron chi connectivity index (χ4n) is 0.709. The predicted molar refractivity (Wildman–Crippen MR) is 35.6 cm³/mol. The van der Waals surface area contributed by atoms with Crippen molar-refractivity contribution in [3.05, 3.63) is 0 Å².